The van der Waals surface area contributed by atoms with Crippen molar-refractivity contribution in [1.29, 1.82) is 0 Å². The van der Waals surface area contributed by atoms with Crippen LogP contribution < -0.4 is 5.32 Å². The quantitative estimate of drug-likeness (QED) is 0.941. The molecule has 0 saturated carbocycles. The minimum atomic E-state index is -2.78. The Balaban J connectivity index is 1.96. The van der Waals surface area contributed by atoms with E-state index in [1.807, 2.05) is 0 Å². The second kappa shape index (κ2) is 5.36. The monoisotopic (exact) mass is 296 g/mol. The fourth-order valence-electron chi connectivity index (χ4n) is 2.35. The van der Waals surface area contributed by atoms with Crippen LogP contribution in [0.15, 0.2) is 12.3 Å². The standard InChI is InChI=1S/C13H14F2N4O2/c1-19-9-5-7(18-13(20)10-3-2-4-21-10)11(12(14)15)17-8(9)6-16-19/h5-6,10,12H,2-4H2,1H3,(H,18,20)/t10-/m0/s1. The number of hydrogen-bond donors (Lipinski definition) is 1. The Bertz CT molecular complexity index is 680. The number of nitrogens with one attached hydrogen (secondary N) is 1. The summed E-state index contributed by atoms with van der Waals surface area (Å²) < 4.78 is 33.0. The summed E-state index contributed by atoms with van der Waals surface area (Å²) >= 11 is 0. The minimum Gasteiger partial charge on any atom is -0.368 e. The third-order valence-corrected chi connectivity index (χ3v) is 3.45. The van der Waals surface area contributed by atoms with Gasteiger partial charge in [-0.2, -0.15) is 5.10 Å². The second-order valence-corrected chi connectivity index (χ2v) is 4.89. The molecule has 2 aromatic heterocycles. The number of hydrogen-bond acceptors (Lipinski definition) is 4. The molecular weight excluding hydrogens is 282 g/mol. The number of halogens is 2. The van der Waals surface area contributed by atoms with Gasteiger partial charge in [-0.1, -0.05) is 0 Å². The number of pyridine rings is 1. The second-order valence-electron chi connectivity index (χ2n) is 4.89. The average Bonchev–Trinajstić information content (AvgIpc) is 3.08. The lowest BCUT2D eigenvalue weighted by molar-refractivity contribution is -0.124. The number of anilines is 1. The van der Waals surface area contributed by atoms with Gasteiger partial charge in [0, 0.05) is 13.7 Å². The van der Waals surface area contributed by atoms with Crippen LogP contribution >= 0.6 is 0 Å². The molecule has 21 heavy (non-hydrogen) atoms. The number of aryl methyl sites for hydroxylation is 1. The van der Waals surface area contributed by atoms with Gasteiger partial charge in [-0.3, -0.25) is 9.48 Å². The molecule has 1 atom stereocenters. The summed E-state index contributed by atoms with van der Waals surface area (Å²) in [7, 11) is 1.68. The molecule has 112 valence electrons. The Labute approximate surface area is 119 Å². The zero-order valence-electron chi connectivity index (χ0n) is 11.3. The van der Waals surface area contributed by atoms with Crippen LogP contribution in [0.3, 0.4) is 0 Å². The minimum absolute atomic E-state index is 0.00148. The van der Waals surface area contributed by atoms with E-state index in [0.29, 0.717) is 24.1 Å². The Kier molecular flexibility index (Phi) is 3.54. The number of rotatable bonds is 3. The van der Waals surface area contributed by atoms with Crippen LogP contribution in [-0.2, 0) is 16.6 Å². The van der Waals surface area contributed by atoms with Gasteiger partial charge in [0.15, 0.2) is 0 Å². The van der Waals surface area contributed by atoms with E-state index in [4.69, 9.17) is 4.74 Å². The molecule has 1 N–H and O–H groups in total. The summed E-state index contributed by atoms with van der Waals surface area (Å²) in [4.78, 5) is 15.9. The van der Waals surface area contributed by atoms with E-state index in [2.05, 4.69) is 15.4 Å². The molecule has 3 heterocycles. The van der Waals surface area contributed by atoms with Crippen molar-refractivity contribution >= 4 is 22.6 Å². The molecule has 0 bridgehead atoms. The molecule has 1 amide bonds. The van der Waals surface area contributed by atoms with Gasteiger partial charge >= 0.3 is 0 Å². The van der Waals surface area contributed by atoms with Crippen LogP contribution in [-0.4, -0.2) is 33.4 Å². The van der Waals surface area contributed by atoms with Crippen LogP contribution in [0.25, 0.3) is 11.0 Å². The molecule has 3 rings (SSSR count). The van der Waals surface area contributed by atoms with E-state index in [9.17, 15) is 13.6 Å². The number of alkyl halides is 2. The van der Waals surface area contributed by atoms with E-state index in [-0.39, 0.29) is 5.69 Å². The van der Waals surface area contributed by atoms with Crippen LogP contribution in [0.4, 0.5) is 14.5 Å². The van der Waals surface area contributed by atoms with Gasteiger partial charge in [-0.05, 0) is 18.9 Å². The molecule has 1 fully saturated rings. The molecule has 1 aliphatic rings. The van der Waals surface area contributed by atoms with E-state index >= 15 is 0 Å². The van der Waals surface area contributed by atoms with Crippen molar-refractivity contribution in [3.05, 3.63) is 18.0 Å². The van der Waals surface area contributed by atoms with Gasteiger partial charge < -0.3 is 10.1 Å². The van der Waals surface area contributed by atoms with Crippen molar-refractivity contribution in [3.63, 3.8) is 0 Å². The van der Waals surface area contributed by atoms with Crippen molar-refractivity contribution in [2.45, 2.75) is 25.4 Å². The highest BCUT2D eigenvalue weighted by molar-refractivity contribution is 5.96. The number of carbonyl (C=O) groups is 1. The highest BCUT2D eigenvalue weighted by atomic mass is 19.3. The highest BCUT2D eigenvalue weighted by Crippen LogP contribution is 2.29. The van der Waals surface area contributed by atoms with Crippen molar-refractivity contribution in [2.75, 3.05) is 11.9 Å². The maximum atomic E-state index is 13.1. The molecular formula is C13H14F2N4O2. The summed E-state index contributed by atoms with van der Waals surface area (Å²) in [6.07, 6.45) is -0.574. The summed E-state index contributed by atoms with van der Waals surface area (Å²) in [5.74, 6) is -0.419. The molecule has 1 aliphatic heterocycles. The first kappa shape index (κ1) is 13.9. The largest absolute Gasteiger partial charge is 0.368 e. The van der Waals surface area contributed by atoms with Crippen molar-refractivity contribution < 1.29 is 18.3 Å². The van der Waals surface area contributed by atoms with Crippen LogP contribution in [0.5, 0.6) is 0 Å². The molecule has 1 saturated heterocycles. The predicted molar refractivity (Wildman–Crippen MR) is 71.1 cm³/mol. The molecule has 2 aromatic rings. The van der Waals surface area contributed by atoms with Crippen molar-refractivity contribution in [2.24, 2.45) is 7.05 Å². The Morgan fingerprint density at radius 3 is 3.05 bits per heavy atom. The molecule has 8 heteroatoms. The molecule has 0 aliphatic carbocycles. The first-order chi connectivity index (χ1) is 10.1. The van der Waals surface area contributed by atoms with E-state index in [0.717, 1.165) is 6.42 Å². The number of amides is 1. The summed E-state index contributed by atoms with van der Waals surface area (Å²) in [5.41, 5.74) is 0.480. The lowest BCUT2D eigenvalue weighted by atomic mass is 10.2. The average molecular weight is 296 g/mol. The smallest absolute Gasteiger partial charge is 0.282 e. The van der Waals surface area contributed by atoms with Gasteiger partial charge in [0.05, 0.1) is 17.4 Å². The highest BCUT2D eigenvalue weighted by Gasteiger charge is 2.26. The summed E-state index contributed by atoms with van der Waals surface area (Å²) in [6.45, 7) is 0.513. The SMILES string of the molecule is Cn1ncc2nc(C(F)F)c(NC(=O)[C@@H]3CCCO3)cc21. The van der Waals surface area contributed by atoms with E-state index in [1.165, 1.54) is 16.9 Å². The van der Waals surface area contributed by atoms with Crippen LogP contribution in [0.2, 0.25) is 0 Å². The first-order valence-electron chi connectivity index (χ1n) is 6.59. The predicted octanol–water partition coefficient (Wildman–Crippen LogP) is 2.02. The molecule has 0 radical (unpaired) electrons. The molecule has 0 unspecified atom stereocenters. The molecule has 0 aromatic carbocycles. The number of fused-ring (bicyclic) bond motifs is 1. The number of ether oxygens (including phenoxy) is 1. The van der Waals surface area contributed by atoms with Crippen LogP contribution in [0, 0.1) is 0 Å². The maximum Gasteiger partial charge on any atom is 0.282 e. The fraction of sp³-hybridized carbons (Fsp3) is 0.462. The van der Waals surface area contributed by atoms with Crippen LogP contribution in [0.1, 0.15) is 25.0 Å². The van der Waals surface area contributed by atoms with Gasteiger partial charge in [0.2, 0.25) is 0 Å². The summed E-state index contributed by atoms with van der Waals surface area (Å²) in [5, 5.41) is 6.46. The van der Waals surface area contributed by atoms with Gasteiger partial charge in [-0.15, -0.1) is 0 Å². The van der Waals surface area contributed by atoms with E-state index < -0.39 is 24.1 Å². The Morgan fingerprint density at radius 1 is 1.57 bits per heavy atom. The summed E-state index contributed by atoms with van der Waals surface area (Å²) in [6, 6.07) is 1.46. The fourth-order valence-corrected chi connectivity index (χ4v) is 2.35. The zero-order valence-corrected chi connectivity index (χ0v) is 11.3. The van der Waals surface area contributed by atoms with Crippen molar-refractivity contribution in [3.8, 4) is 0 Å². The zero-order chi connectivity index (χ0) is 15.0. The third kappa shape index (κ3) is 2.58. The first-order valence-corrected chi connectivity index (χ1v) is 6.59. The third-order valence-electron chi connectivity index (χ3n) is 3.45. The molecule has 6 nitrogen and oxygen atoms in total. The van der Waals surface area contributed by atoms with Gasteiger partial charge in [-0.25, -0.2) is 13.8 Å². The Morgan fingerprint density at radius 2 is 2.38 bits per heavy atom. The maximum absolute atomic E-state index is 13.1. The van der Waals surface area contributed by atoms with Crippen molar-refractivity contribution in [1.82, 2.24) is 14.8 Å². The van der Waals surface area contributed by atoms with E-state index in [1.54, 1.807) is 7.05 Å². The lowest BCUT2D eigenvalue weighted by Gasteiger charge is -2.13. The Hall–Kier alpha value is -2.09. The normalized spacial score (nSPS) is 18.6. The number of carbonyl (C=O) groups excluding carboxylic acids is 1. The van der Waals surface area contributed by atoms with Gasteiger partial charge in [0.1, 0.15) is 17.3 Å². The molecule has 0 spiro atoms. The number of nitrogens with zero attached hydrogens (tertiary/aromatic N) is 3. The van der Waals surface area contributed by atoms with Gasteiger partial charge in [0.25, 0.3) is 12.3 Å². The lowest BCUT2D eigenvalue weighted by Crippen LogP contribution is -2.27. The number of aromatic nitrogens is 3. The topological polar surface area (TPSA) is 69.0 Å².